The van der Waals surface area contributed by atoms with E-state index in [4.69, 9.17) is 12.2 Å². The molecule has 4 heteroatoms. The second-order valence-electron chi connectivity index (χ2n) is 2.73. The summed E-state index contributed by atoms with van der Waals surface area (Å²) in [5.41, 5.74) is 1.05. The molecule has 1 aromatic carbocycles. The molecule has 0 spiro atoms. The van der Waals surface area contributed by atoms with E-state index in [1.54, 1.807) is 25.3 Å². The van der Waals surface area contributed by atoms with Crippen molar-refractivity contribution in [1.82, 2.24) is 10.3 Å². The van der Waals surface area contributed by atoms with E-state index < -0.39 is 0 Å². The van der Waals surface area contributed by atoms with Crippen molar-refractivity contribution < 1.29 is 0 Å². The fourth-order valence-corrected chi connectivity index (χ4v) is 0.954. The van der Waals surface area contributed by atoms with Crippen LogP contribution in [0, 0.1) is 0 Å². The Bertz CT molecular complexity index is 321. The lowest BCUT2D eigenvalue weighted by Gasteiger charge is -2.12. The summed E-state index contributed by atoms with van der Waals surface area (Å²) in [5.74, 6) is 0. The Labute approximate surface area is 89.4 Å². The zero-order chi connectivity index (χ0) is 10.4. The third-order valence-corrected chi connectivity index (χ3v) is 2.16. The molecule has 0 aromatic heterocycles. The molecular weight excluding hydrogens is 194 g/mol. The van der Waals surface area contributed by atoms with Crippen molar-refractivity contribution in [2.24, 2.45) is 5.10 Å². The number of thiocarbonyl (C=S) groups is 1. The predicted octanol–water partition coefficient (Wildman–Crippen LogP) is 1.46. The van der Waals surface area contributed by atoms with E-state index in [0.717, 1.165) is 5.56 Å². The smallest absolute Gasteiger partial charge is 0.189 e. The topological polar surface area (TPSA) is 27.6 Å². The van der Waals surface area contributed by atoms with Gasteiger partial charge < -0.3 is 5.32 Å². The summed E-state index contributed by atoms with van der Waals surface area (Å²) in [4.78, 5) is 0. The Balaban J connectivity index is 2.60. The molecule has 0 saturated heterocycles. The first-order valence-corrected chi connectivity index (χ1v) is 4.69. The minimum atomic E-state index is 0.595. The Kier molecular flexibility index (Phi) is 4.07. The van der Waals surface area contributed by atoms with Gasteiger partial charge in [-0.05, 0) is 17.8 Å². The molecule has 1 N–H and O–H groups in total. The average molecular weight is 207 g/mol. The molecule has 14 heavy (non-hydrogen) atoms. The molecule has 0 amide bonds. The van der Waals surface area contributed by atoms with E-state index in [1.165, 1.54) is 0 Å². The summed E-state index contributed by atoms with van der Waals surface area (Å²) in [6.07, 6.45) is 1.77. The van der Waals surface area contributed by atoms with Gasteiger partial charge in [-0.3, -0.25) is 0 Å². The summed E-state index contributed by atoms with van der Waals surface area (Å²) < 4.78 is 0. The molecular formula is C10H13N3S. The molecule has 0 bridgehead atoms. The lowest BCUT2D eigenvalue weighted by atomic mass is 10.2. The van der Waals surface area contributed by atoms with E-state index in [1.807, 2.05) is 30.3 Å². The SMILES string of the molecule is CNC(=S)N(C)/N=C\c1ccccc1. The largest absolute Gasteiger partial charge is 0.364 e. The van der Waals surface area contributed by atoms with Crippen molar-refractivity contribution >= 4 is 23.5 Å². The number of hydrogen-bond acceptors (Lipinski definition) is 2. The Hall–Kier alpha value is -1.42. The molecule has 0 aliphatic heterocycles. The summed E-state index contributed by atoms with van der Waals surface area (Å²) >= 11 is 4.99. The third kappa shape index (κ3) is 3.14. The van der Waals surface area contributed by atoms with Crippen LogP contribution in [0.1, 0.15) is 5.56 Å². The molecule has 0 atom stereocenters. The Morgan fingerprint density at radius 3 is 2.64 bits per heavy atom. The third-order valence-electron chi connectivity index (χ3n) is 1.69. The van der Waals surface area contributed by atoms with E-state index in [0.29, 0.717) is 5.11 Å². The molecule has 1 rings (SSSR count). The second kappa shape index (κ2) is 5.34. The van der Waals surface area contributed by atoms with Crippen LogP contribution in [0.25, 0.3) is 0 Å². The van der Waals surface area contributed by atoms with Gasteiger partial charge in [0.2, 0.25) is 0 Å². The number of rotatable bonds is 2. The van der Waals surface area contributed by atoms with Crippen LogP contribution < -0.4 is 5.32 Å². The lowest BCUT2D eigenvalue weighted by molar-refractivity contribution is 0.540. The highest BCUT2D eigenvalue weighted by molar-refractivity contribution is 7.80. The molecule has 0 aliphatic carbocycles. The maximum atomic E-state index is 4.99. The fraction of sp³-hybridized carbons (Fsp3) is 0.200. The van der Waals surface area contributed by atoms with Gasteiger partial charge >= 0.3 is 0 Å². The van der Waals surface area contributed by atoms with Gasteiger partial charge in [-0.2, -0.15) is 5.10 Å². The summed E-state index contributed by atoms with van der Waals surface area (Å²) in [7, 11) is 3.58. The van der Waals surface area contributed by atoms with Crippen LogP contribution in [0.5, 0.6) is 0 Å². The van der Waals surface area contributed by atoms with Gasteiger partial charge in [0.05, 0.1) is 6.21 Å². The molecule has 1 aromatic rings. The van der Waals surface area contributed by atoms with Crippen molar-refractivity contribution in [3.63, 3.8) is 0 Å². The standard InChI is InChI=1S/C10H13N3S/c1-11-10(14)13(2)12-8-9-6-4-3-5-7-9/h3-8H,1-2H3,(H,11,14)/b12-8-. The number of benzene rings is 1. The van der Waals surface area contributed by atoms with E-state index in [-0.39, 0.29) is 0 Å². The summed E-state index contributed by atoms with van der Waals surface area (Å²) in [5, 5.41) is 9.22. The molecule has 3 nitrogen and oxygen atoms in total. The molecule has 0 heterocycles. The quantitative estimate of drug-likeness (QED) is 0.452. The Morgan fingerprint density at radius 2 is 2.07 bits per heavy atom. The molecule has 0 saturated carbocycles. The number of hydrogen-bond donors (Lipinski definition) is 1. The van der Waals surface area contributed by atoms with Crippen LogP contribution in [0.3, 0.4) is 0 Å². The van der Waals surface area contributed by atoms with Gasteiger partial charge in [-0.25, -0.2) is 5.01 Å². The maximum Gasteiger partial charge on any atom is 0.189 e. The molecule has 0 radical (unpaired) electrons. The molecule has 74 valence electrons. The van der Waals surface area contributed by atoms with Crippen molar-refractivity contribution in [2.45, 2.75) is 0 Å². The predicted molar refractivity (Wildman–Crippen MR) is 63.5 cm³/mol. The molecule has 0 fully saturated rings. The number of hydrazone groups is 1. The van der Waals surface area contributed by atoms with Crippen LogP contribution in [0.15, 0.2) is 35.4 Å². The number of nitrogens with one attached hydrogen (secondary N) is 1. The van der Waals surface area contributed by atoms with E-state index in [2.05, 4.69) is 10.4 Å². The van der Waals surface area contributed by atoms with Crippen LogP contribution in [0.4, 0.5) is 0 Å². The maximum absolute atomic E-state index is 4.99. The van der Waals surface area contributed by atoms with Gasteiger partial charge in [-0.1, -0.05) is 30.3 Å². The normalized spacial score (nSPS) is 10.1. The van der Waals surface area contributed by atoms with Crippen LogP contribution >= 0.6 is 12.2 Å². The van der Waals surface area contributed by atoms with Crippen molar-refractivity contribution in [1.29, 1.82) is 0 Å². The van der Waals surface area contributed by atoms with Gasteiger partial charge in [0.1, 0.15) is 0 Å². The minimum Gasteiger partial charge on any atom is -0.364 e. The van der Waals surface area contributed by atoms with Crippen molar-refractivity contribution in [3.05, 3.63) is 35.9 Å². The van der Waals surface area contributed by atoms with Gasteiger partial charge in [0.25, 0.3) is 0 Å². The first-order chi connectivity index (χ1) is 6.74. The summed E-state index contributed by atoms with van der Waals surface area (Å²) in [6.45, 7) is 0. The second-order valence-corrected chi connectivity index (χ2v) is 3.12. The highest BCUT2D eigenvalue weighted by Crippen LogP contribution is 1.95. The van der Waals surface area contributed by atoms with Crippen LogP contribution in [0.2, 0.25) is 0 Å². The summed E-state index contributed by atoms with van der Waals surface area (Å²) in [6, 6.07) is 9.88. The van der Waals surface area contributed by atoms with Gasteiger partial charge in [0, 0.05) is 14.1 Å². The van der Waals surface area contributed by atoms with Gasteiger partial charge in [0.15, 0.2) is 5.11 Å². The molecule has 0 unspecified atom stereocenters. The minimum absolute atomic E-state index is 0.595. The zero-order valence-electron chi connectivity index (χ0n) is 8.27. The van der Waals surface area contributed by atoms with Crippen LogP contribution in [-0.2, 0) is 0 Å². The molecule has 0 aliphatic rings. The average Bonchev–Trinajstić information content (AvgIpc) is 2.26. The first kappa shape index (κ1) is 10.7. The highest BCUT2D eigenvalue weighted by atomic mass is 32.1. The monoisotopic (exact) mass is 207 g/mol. The van der Waals surface area contributed by atoms with E-state index in [9.17, 15) is 0 Å². The zero-order valence-corrected chi connectivity index (χ0v) is 9.08. The fourth-order valence-electron chi connectivity index (χ4n) is 0.907. The first-order valence-electron chi connectivity index (χ1n) is 4.28. The van der Waals surface area contributed by atoms with Crippen molar-refractivity contribution in [2.75, 3.05) is 14.1 Å². The Morgan fingerprint density at radius 1 is 1.43 bits per heavy atom. The van der Waals surface area contributed by atoms with Gasteiger partial charge in [-0.15, -0.1) is 0 Å². The van der Waals surface area contributed by atoms with E-state index >= 15 is 0 Å². The van der Waals surface area contributed by atoms with Crippen molar-refractivity contribution in [3.8, 4) is 0 Å². The number of nitrogens with zero attached hydrogens (tertiary/aromatic N) is 2. The highest BCUT2D eigenvalue weighted by Gasteiger charge is 1.96. The lowest BCUT2D eigenvalue weighted by Crippen LogP contribution is -2.30. The van der Waals surface area contributed by atoms with Crippen LogP contribution in [-0.4, -0.2) is 30.4 Å².